The van der Waals surface area contributed by atoms with Crippen molar-refractivity contribution >= 4 is 34.2 Å². The Morgan fingerprint density at radius 3 is 2.75 bits per heavy atom. The summed E-state index contributed by atoms with van der Waals surface area (Å²) in [5.74, 6) is -0.247. The van der Waals surface area contributed by atoms with Gasteiger partial charge < -0.3 is 11.1 Å². The molecule has 0 aliphatic heterocycles. The Labute approximate surface area is 189 Å². The minimum Gasteiger partial charge on any atom is -0.382 e. The molecule has 5 rings (SSSR count). The molecular weight excluding hydrogens is 426 g/mol. The Kier molecular flexibility index (Phi) is 5.22. The molecule has 1 fully saturated rings. The number of benzene rings is 1. The lowest BCUT2D eigenvalue weighted by Crippen LogP contribution is -2.34. The summed E-state index contributed by atoms with van der Waals surface area (Å²) in [6.07, 6.45) is 7.66. The van der Waals surface area contributed by atoms with Crippen molar-refractivity contribution in [1.82, 2.24) is 30.0 Å². The van der Waals surface area contributed by atoms with Crippen LogP contribution in [-0.4, -0.2) is 36.7 Å². The molecule has 0 unspecified atom stereocenters. The molecule has 9 heteroatoms. The van der Waals surface area contributed by atoms with E-state index in [2.05, 4.69) is 20.4 Å². The van der Waals surface area contributed by atoms with E-state index in [1.54, 1.807) is 16.9 Å². The van der Waals surface area contributed by atoms with Crippen molar-refractivity contribution in [3.63, 3.8) is 0 Å². The summed E-state index contributed by atoms with van der Waals surface area (Å²) in [5, 5.41) is 8.85. The fraction of sp³-hybridized carbons (Fsp3) is 0.261. The maximum Gasteiger partial charge on any atom is 0.273 e. The summed E-state index contributed by atoms with van der Waals surface area (Å²) in [5.41, 5.74) is 9.29. The standard InChI is InChI=1S/C23H22ClN7O/c1-31-10-8-17(30-31)20-19(14-11-13-5-4-9-26-18(13)16(24)12-14)28-21(22(25)29-20)23(32)27-15-6-2-3-7-15/h4-5,8-12,15H,2-3,6-7H2,1H3,(H2,25,29)(H,27,32). The van der Waals surface area contributed by atoms with Gasteiger partial charge in [-0.3, -0.25) is 14.5 Å². The summed E-state index contributed by atoms with van der Waals surface area (Å²) < 4.78 is 1.68. The number of carbonyl (C=O) groups is 1. The third kappa shape index (κ3) is 3.78. The lowest BCUT2D eigenvalue weighted by Gasteiger charge is -2.15. The van der Waals surface area contributed by atoms with Crippen LogP contribution in [0.3, 0.4) is 0 Å². The Hall–Kier alpha value is -3.52. The number of hydrogen-bond acceptors (Lipinski definition) is 6. The van der Waals surface area contributed by atoms with Crippen molar-refractivity contribution in [2.45, 2.75) is 31.7 Å². The lowest BCUT2D eigenvalue weighted by atomic mass is 10.0. The number of rotatable bonds is 4. The summed E-state index contributed by atoms with van der Waals surface area (Å²) in [6, 6.07) is 9.45. The molecule has 8 nitrogen and oxygen atoms in total. The van der Waals surface area contributed by atoms with E-state index < -0.39 is 0 Å². The lowest BCUT2D eigenvalue weighted by molar-refractivity contribution is 0.0933. The molecule has 162 valence electrons. The van der Waals surface area contributed by atoms with E-state index in [0.29, 0.717) is 33.2 Å². The van der Waals surface area contributed by atoms with Crippen molar-refractivity contribution in [1.29, 1.82) is 0 Å². The van der Waals surface area contributed by atoms with Gasteiger partial charge in [-0.2, -0.15) is 5.10 Å². The van der Waals surface area contributed by atoms with Crippen LogP contribution in [0, 0.1) is 0 Å². The van der Waals surface area contributed by atoms with Gasteiger partial charge in [0.05, 0.1) is 16.2 Å². The van der Waals surface area contributed by atoms with Gasteiger partial charge >= 0.3 is 0 Å². The molecular formula is C23H22ClN7O. The smallest absolute Gasteiger partial charge is 0.273 e. The number of nitrogen functional groups attached to an aromatic ring is 1. The van der Waals surface area contributed by atoms with Crippen molar-refractivity contribution in [2.75, 3.05) is 5.73 Å². The molecule has 1 amide bonds. The zero-order valence-corrected chi connectivity index (χ0v) is 18.3. The number of pyridine rings is 1. The predicted molar refractivity (Wildman–Crippen MR) is 124 cm³/mol. The summed E-state index contributed by atoms with van der Waals surface area (Å²) in [7, 11) is 1.82. The minimum atomic E-state index is -0.315. The van der Waals surface area contributed by atoms with E-state index in [-0.39, 0.29) is 23.5 Å². The van der Waals surface area contributed by atoms with E-state index in [9.17, 15) is 4.79 Å². The molecule has 0 radical (unpaired) electrons. The van der Waals surface area contributed by atoms with Gasteiger partial charge in [0.25, 0.3) is 5.91 Å². The Morgan fingerprint density at radius 2 is 2.00 bits per heavy atom. The monoisotopic (exact) mass is 447 g/mol. The summed E-state index contributed by atoms with van der Waals surface area (Å²) in [6.45, 7) is 0. The third-order valence-corrected chi connectivity index (χ3v) is 6.00. The number of aryl methyl sites for hydroxylation is 1. The molecule has 32 heavy (non-hydrogen) atoms. The Balaban J connectivity index is 1.67. The van der Waals surface area contributed by atoms with Gasteiger partial charge in [-0.05, 0) is 37.1 Å². The maximum atomic E-state index is 13.0. The topological polar surface area (TPSA) is 112 Å². The molecule has 0 atom stereocenters. The second kappa shape index (κ2) is 8.20. The second-order valence-electron chi connectivity index (χ2n) is 8.02. The van der Waals surface area contributed by atoms with Crippen LogP contribution in [0.25, 0.3) is 33.5 Å². The van der Waals surface area contributed by atoms with Gasteiger partial charge in [0.15, 0.2) is 11.5 Å². The average molecular weight is 448 g/mol. The van der Waals surface area contributed by atoms with Crippen LogP contribution in [0.2, 0.25) is 5.02 Å². The van der Waals surface area contributed by atoms with Crippen molar-refractivity contribution in [2.24, 2.45) is 7.05 Å². The van der Waals surface area contributed by atoms with Gasteiger partial charge in [0.1, 0.15) is 11.4 Å². The molecule has 0 spiro atoms. The summed E-state index contributed by atoms with van der Waals surface area (Å²) in [4.78, 5) is 26.6. The van der Waals surface area contributed by atoms with Gasteiger partial charge in [0.2, 0.25) is 0 Å². The normalized spacial score (nSPS) is 14.2. The van der Waals surface area contributed by atoms with Crippen molar-refractivity contribution in [3.05, 3.63) is 53.4 Å². The number of amides is 1. The molecule has 3 heterocycles. The van der Waals surface area contributed by atoms with E-state index in [0.717, 1.165) is 31.1 Å². The first-order valence-corrected chi connectivity index (χ1v) is 10.9. The Morgan fingerprint density at radius 1 is 1.19 bits per heavy atom. The molecule has 0 saturated heterocycles. The number of nitrogens with two attached hydrogens (primary N) is 1. The largest absolute Gasteiger partial charge is 0.382 e. The Bertz CT molecular complexity index is 1330. The van der Waals surface area contributed by atoms with Gasteiger partial charge in [-0.15, -0.1) is 0 Å². The first-order valence-electron chi connectivity index (χ1n) is 10.5. The number of halogens is 1. The van der Waals surface area contributed by atoms with Crippen LogP contribution in [-0.2, 0) is 7.05 Å². The third-order valence-electron chi connectivity index (χ3n) is 5.72. The molecule has 1 aliphatic carbocycles. The number of aromatic nitrogens is 5. The highest BCUT2D eigenvalue weighted by Gasteiger charge is 2.24. The van der Waals surface area contributed by atoms with Crippen molar-refractivity contribution in [3.8, 4) is 22.6 Å². The van der Waals surface area contributed by atoms with Crippen LogP contribution >= 0.6 is 11.6 Å². The van der Waals surface area contributed by atoms with E-state index in [1.807, 2.05) is 37.5 Å². The zero-order chi connectivity index (χ0) is 22.2. The average Bonchev–Trinajstić information content (AvgIpc) is 3.45. The fourth-order valence-electron chi connectivity index (χ4n) is 4.15. The maximum absolute atomic E-state index is 13.0. The number of hydrogen-bond donors (Lipinski definition) is 2. The number of carbonyl (C=O) groups excluding carboxylic acids is 1. The molecule has 1 saturated carbocycles. The van der Waals surface area contributed by atoms with Gasteiger partial charge in [-0.25, -0.2) is 9.97 Å². The number of nitrogens with one attached hydrogen (secondary N) is 1. The van der Waals surface area contributed by atoms with Crippen LogP contribution < -0.4 is 11.1 Å². The van der Waals surface area contributed by atoms with Gasteiger partial charge in [-0.1, -0.05) is 30.5 Å². The predicted octanol–water partition coefficient (Wildman–Crippen LogP) is 4.00. The van der Waals surface area contributed by atoms with Crippen molar-refractivity contribution < 1.29 is 4.79 Å². The van der Waals surface area contributed by atoms with Crippen LogP contribution in [0.1, 0.15) is 36.2 Å². The highest BCUT2D eigenvalue weighted by molar-refractivity contribution is 6.35. The molecule has 4 aromatic rings. The van der Waals surface area contributed by atoms with Crippen LogP contribution in [0.15, 0.2) is 42.7 Å². The molecule has 1 aromatic carbocycles. The van der Waals surface area contributed by atoms with E-state index in [4.69, 9.17) is 22.3 Å². The van der Waals surface area contributed by atoms with E-state index in [1.165, 1.54) is 0 Å². The first-order chi connectivity index (χ1) is 15.5. The van der Waals surface area contributed by atoms with Crippen LogP contribution in [0.5, 0.6) is 0 Å². The molecule has 1 aliphatic rings. The quantitative estimate of drug-likeness (QED) is 0.489. The highest BCUT2D eigenvalue weighted by Crippen LogP contribution is 2.34. The fourth-order valence-corrected chi connectivity index (χ4v) is 4.42. The number of nitrogens with zero attached hydrogens (tertiary/aromatic N) is 5. The second-order valence-corrected chi connectivity index (χ2v) is 8.42. The van der Waals surface area contributed by atoms with Crippen LogP contribution in [0.4, 0.5) is 5.82 Å². The molecule has 3 aromatic heterocycles. The first kappa shape index (κ1) is 20.4. The molecule has 3 N–H and O–H groups in total. The number of fused-ring (bicyclic) bond motifs is 1. The molecule has 0 bridgehead atoms. The SMILES string of the molecule is Cn1ccc(-c2nc(N)c(C(=O)NC3CCCC3)nc2-c2cc(Cl)c3ncccc3c2)n1. The highest BCUT2D eigenvalue weighted by atomic mass is 35.5. The van der Waals surface area contributed by atoms with Gasteiger partial charge in [0, 0.05) is 36.4 Å². The van der Waals surface area contributed by atoms with E-state index >= 15 is 0 Å². The summed E-state index contributed by atoms with van der Waals surface area (Å²) >= 11 is 6.53. The number of anilines is 1. The minimum absolute atomic E-state index is 0.0680. The zero-order valence-electron chi connectivity index (χ0n) is 17.5.